The number of halogens is 1. The van der Waals surface area contributed by atoms with Gasteiger partial charge in [0.15, 0.2) is 0 Å². The van der Waals surface area contributed by atoms with Crippen LogP contribution < -0.4 is 5.32 Å². The first kappa shape index (κ1) is 14.1. The molecule has 100 valence electrons. The van der Waals surface area contributed by atoms with Gasteiger partial charge in [0.05, 0.1) is 5.60 Å². The molecule has 0 aliphatic heterocycles. The molecule has 2 N–H and O–H groups in total. The van der Waals surface area contributed by atoms with E-state index in [1.807, 2.05) is 61.5 Å². The van der Waals surface area contributed by atoms with Gasteiger partial charge < -0.3 is 10.4 Å². The highest BCUT2D eigenvalue weighted by Gasteiger charge is 2.21. The molecule has 1 atom stereocenters. The molecule has 0 aliphatic rings. The number of hydrogen-bond donors (Lipinski definition) is 2. The summed E-state index contributed by atoms with van der Waals surface area (Å²) >= 11 is 5.93. The maximum absolute atomic E-state index is 10.4. The van der Waals surface area contributed by atoms with E-state index >= 15 is 0 Å². The predicted octanol–water partition coefficient (Wildman–Crippen LogP) is 3.34. The van der Waals surface area contributed by atoms with E-state index in [1.165, 1.54) is 0 Å². The molecular formula is C16H18ClNO. The van der Waals surface area contributed by atoms with Crippen molar-refractivity contribution in [3.63, 3.8) is 0 Å². The van der Waals surface area contributed by atoms with Gasteiger partial charge >= 0.3 is 0 Å². The van der Waals surface area contributed by atoms with E-state index in [1.54, 1.807) is 0 Å². The quantitative estimate of drug-likeness (QED) is 0.877. The third-order valence-corrected chi connectivity index (χ3v) is 3.32. The van der Waals surface area contributed by atoms with Gasteiger partial charge in [-0.3, -0.25) is 0 Å². The molecule has 0 aromatic heterocycles. The van der Waals surface area contributed by atoms with E-state index in [0.717, 1.165) is 16.1 Å². The molecule has 2 aromatic carbocycles. The van der Waals surface area contributed by atoms with Crippen molar-refractivity contribution in [3.05, 3.63) is 70.7 Å². The monoisotopic (exact) mass is 275 g/mol. The zero-order valence-corrected chi connectivity index (χ0v) is 11.7. The molecule has 19 heavy (non-hydrogen) atoms. The third-order valence-electron chi connectivity index (χ3n) is 3.08. The lowest BCUT2D eigenvalue weighted by molar-refractivity contribution is 0.0567. The second-order valence-corrected chi connectivity index (χ2v) is 5.31. The first-order chi connectivity index (χ1) is 9.08. The Bertz CT molecular complexity index is 525. The molecule has 0 radical (unpaired) electrons. The highest BCUT2D eigenvalue weighted by atomic mass is 35.5. The van der Waals surface area contributed by atoms with Crippen LogP contribution in [0.1, 0.15) is 18.1 Å². The van der Waals surface area contributed by atoms with Crippen LogP contribution in [0.2, 0.25) is 5.02 Å². The minimum atomic E-state index is -0.875. The lowest BCUT2D eigenvalue weighted by atomic mass is 9.96. The molecule has 2 aromatic rings. The summed E-state index contributed by atoms with van der Waals surface area (Å²) < 4.78 is 0. The second kappa shape index (κ2) is 6.20. The number of aliphatic hydroxyl groups is 1. The Labute approximate surface area is 119 Å². The maximum atomic E-state index is 10.4. The van der Waals surface area contributed by atoms with E-state index in [-0.39, 0.29) is 0 Å². The Hall–Kier alpha value is -1.35. The fraction of sp³-hybridized carbons (Fsp3) is 0.250. The van der Waals surface area contributed by atoms with Crippen LogP contribution in [-0.4, -0.2) is 11.7 Å². The predicted molar refractivity (Wildman–Crippen MR) is 79.2 cm³/mol. The Morgan fingerprint density at radius 2 is 1.84 bits per heavy atom. The van der Waals surface area contributed by atoms with Crippen LogP contribution in [0.3, 0.4) is 0 Å². The van der Waals surface area contributed by atoms with E-state index in [4.69, 9.17) is 11.6 Å². The minimum Gasteiger partial charge on any atom is -0.384 e. The molecule has 3 heteroatoms. The number of rotatable bonds is 5. The standard InChI is InChI=1S/C16H18ClNO/c1-16(19,14-7-3-2-4-8-14)12-18-11-13-6-5-9-15(17)10-13/h2-10,18-19H,11-12H2,1H3. The molecule has 0 aliphatic carbocycles. The van der Waals surface area contributed by atoms with E-state index < -0.39 is 5.60 Å². The zero-order valence-electron chi connectivity index (χ0n) is 10.9. The molecule has 2 rings (SSSR count). The largest absolute Gasteiger partial charge is 0.384 e. The lowest BCUT2D eigenvalue weighted by Crippen LogP contribution is -2.35. The van der Waals surface area contributed by atoms with Crippen molar-refractivity contribution in [2.24, 2.45) is 0 Å². The smallest absolute Gasteiger partial charge is 0.0992 e. The second-order valence-electron chi connectivity index (χ2n) is 4.87. The van der Waals surface area contributed by atoms with Gasteiger partial charge in [-0.2, -0.15) is 0 Å². The average molecular weight is 276 g/mol. The van der Waals surface area contributed by atoms with Gasteiger partial charge in [-0.1, -0.05) is 54.1 Å². The van der Waals surface area contributed by atoms with E-state index in [9.17, 15) is 5.11 Å². The first-order valence-corrected chi connectivity index (χ1v) is 6.69. The van der Waals surface area contributed by atoms with Crippen LogP contribution in [0.15, 0.2) is 54.6 Å². The highest BCUT2D eigenvalue weighted by Crippen LogP contribution is 2.19. The van der Waals surface area contributed by atoms with Gasteiger partial charge in [-0.05, 0) is 30.2 Å². The topological polar surface area (TPSA) is 32.3 Å². The van der Waals surface area contributed by atoms with E-state index in [2.05, 4.69) is 5.32 Å². The fourth-order valence-electron chi connectivity index (χ4n) is 2.00. The molecule has 0 amide bonds. The van der Waals surface area contributed by atoms with Gasteiger partial charge in [0.25, 0.3) is 0 Å². The fourth-order valence-corrected chi connectivity index (χ4v) is 2.21. The van der Waals surface area contributed by atoms with Gasteiger partial charge in [0.1, 0.15) is 0 Å². The molecule has 0 spiro atoms. The van der Waals surface area contributed by atoms with Gasteiger partial charge in [0.2, 0.25) is 0 Å². The highest BCUT2D eigenvalue weighted by molar-refractivity contribution is 6.30. The van der Waals surface area contributed by atoms with Gasteiger partial charge in [-0.25, -0.2) is 0 Å². The van der Waals surface area contributed by atoms with Crippen LogP contribution in [0.4, 0.5) is 0 Å². The van der Waals surface area contributed by atoms with Crippen LogP contribution in [0.25, 0.3) is 0 Å². The van der Waals surface area contributed by atoms with Crippen molar-refractivity contribution < 1.29 is 5.11 Å². The summed E-state index contributed by atoms with van der Waals surface area (Å²) in [5.41, 5.74) is 1.14. The summed E-state index contributed by atoms with van der Waals surface area (Å²) in [5.74, 6) is 0. The Morgan fingerprint density at radius 1 is 1.11 bits per heavy atom. The average Bonchev–Trinajstić information content (AvgIpc) is 2.40. The summed E-state index contributed by atoms with van der Waals surface area (Å²) in [6, 6.07) is 17.4. The minimum absolute atomic E-state index is 0.490. The third kappa shape index (κ3) is 4.06. The SMILES string of the molecule is CC(O)(CNCc1cccc(Cl)c1)c1ccccc1. The molecule has 0 heterocycles. The van der Waals surface area contributed by atoms with Crippen LogP contribution in [0, 0.1) is 0 Å². The molecule has 2 nitrogen and oxygen atoms in total. The molecular weight excluding hydrogens is 258 g/mol. The summed E-state index contributed by atoms with van der Waals surface area (Å²) in [5, 5.41) is 14.4. The summed E-state index contributed by atoms with van der Waals surface area (Å²) in [7, 11) is 0. The van der Waals surface area contributed by atoms with E-state index in [0.29, 0.717) is 13.1 Å². The summed E-state index contributed by atoms with van der Waals surface area (Å²) in [4.78, 5) is 0. The Kier molecular flexibility index (Phi) is 4.59. The molecule has 0 saturated heterocycles. The van der Waals surface area contributed by atoms with Crippen molar-refractivity contribution in [1.29, 1.82) is 0 Å². The number of nitrogens with one attached hydrogen (secondary N) is 1. The van der Waals surface area contributed by atoms with Gasteiger partial charge in [0, 0.05) is 18.1 Å². The van der Waals surface area contributed by atoms with Crippen molar-refractivity contribution in [1.82, 2.24) is 5.32 Å². The van der Waals surface area contributed by atoms with Crippen molar-refractivity contribution in [2.45, 2.75) is 19.1 Å². The zero-order chi connectivity index (χ0) is 13.7. The normalized spacial score (nSPS) is 14.1. The van der Waals surface area contributed by atoms with Crippen LogP contribution in [-0.2, 0) is 12.1 Å². The van der Waals surface area contributed by atoms with Crippen LogP contribution in [0.5, 0.6) is 0 Å². The number of hydrogen-bond acceptors (Lipinski definition) is 2. The summed E-state index contributed by atoms with van der Waals surface area (Å²) in [6.45, 7) is 2.99. The molecule has 0 saturated carbocycles. The summed E-state index contributed by atoms with van der Waals surface area (Å²) in [6.07, 6.45) is 0. The Balaban J connectivity index is 1.92. The first-order valence-electron chi connectivity index (χ1n) is 6.31. The van der Waals surface area contributed by atoms with Gasteiger partial charge in [-0.15, -0.1) is 0 Å². The van der Waals surface area contributed by atoms with Crippen molar-refractivity contribution in [2.75, 3.05) is 6.54 Å². The molecule has 0 fully saturated rings. The maximum Gasteiger partial charge on any atom is 0.0992 e. The molecule has 0 bridgehead atoms. The number of benzene rings is 2. The van der Waals surface area contributed by atoms with Crippen molar-refractivity contribution in [3.8, 4) is 0 Å². The molecule has 1 unspecified atom stereocenters. The van der Waals surface area contributed by atoms with Crippen LogP contribution >= 0.6 is 11.6 Å². The lowest BCUT2D eigenvalue weighted by Gasteiger charge is -2.24. The Morgan fingerprint density at radius 3 is 2.53 bits per heavy atom. The van der Waals surface area contributed by atoms with Crippen molar-refractivity contribution >= 4 is 11.6 Å².